The lowest BCUT2D eigenvalue weighted by atomic mass is 10.2. The molecule has 22 heavy (non-hydrogen) atoms. The normalized spacial score (nSPS) is 11.9. The van der Waals surface area contributed by atoms with Crippen molar-refractivity contribution in [3.8, 4) is 11.5 Å². The molecule has 0 saturated heterocycles. The number of ether oxygens (including phenoxy) is 1. The Morgan fingerprint density at radius 2 is 1.86 bits per heavy atom. The Kier molecular flexibility index (Phi) is 5.41. The maximum Gasteiger partial charge on any atom is 0.339 e. The highest BCUT2D eigenvalue weighted by molar-refractivity contribution is 7.85. The number of aromatic carboxylic acids is 1. The zero-order valence-corrected chi connectivity index (χ0v) is 12.9. The van der Waals surface area contributed by atoms with Crippen molar-refractivity contribution in [3.63, 3.8) is 0 Å². The third-order valence-electron chi connectivity index (χ3n) is 2.81. The van der Waals surface area contributed by atoms with Gasteiger partial charge in [-0.25, -0.2) is 4.79 Å². The molecule has 0 heterocycles. The highest BCUT2D eigenvalue weighted by Crippen LogP contribution is 2.23. The fraction of sp³-hybridized carbons (Fsp3) is 0.133. The van der Waals surface area contributed by atoms with Gasteiger partial charge in [-0.1, -0.05) is 11.6 Å². The number of halogens is 1. The minimum atomic E-state index is -1.24. The molecule has 2 rings (SSSR count). The van der Waals surface area contributed by atoms with Gasteiger partial charge in [-0.2, -0.15) is 0 Å². The summed E-state index contributed by atoms with van der Waals surface area (Å²) >= 11 is 5.76. The van der Waals surface area contributed by atoms with Crippen molar-refractivity contribution in [2.24, 2.45) is 0 Å². The number of hydrogen-bond donors (Lipinski definition) is 2. The Balaban J connectivity index is 1.93. The minimum Gasteiger partial charge on any atom is -0.507 e. The van der Waals surface area contributed by atoms with Crippen LogP contribution in [0.15, 0.2) is 47.4 Å². The van der Waals surface area contributed by atoms with Gasteiger partial charge < -0.3 is 14.9 Å². The highest BCUT2D eigenvalue weighted by Gasteiger charge is 2.11. The van der Waals surface area contributed by atoms with Crippen LogP contribution >= 0.6 is 11.6 Å². The van der Waals surface area contributed by atoms with E-state index in [-0.39, 0.29) is 23.7 Å². The average Bonchev–Trinajstić information content (AvgIpc) is 2.49. The number of hydrogen-bond acceptors (Lipinski definition) is 4. The second-order valence-electron chi connectivity index (χ2n) is 4.34. The first-order valence-corrected chi connectivity index (χ1v) is 8.00. The topological polar surface area (TPSA) is 83.8 Å². The quantitative estimate of drug-likeness (QED) is 0.844. The molecule has 0 fully saturated rings. The van der Waals surface area contributed by atoms with Gasteiger partial charge in [0.05, 0.1) is 16.6 Å². The zero-order chi connectivity index (χ0) is 16.1. The van der Waals surface area contributed by atoms with Gasteiger partial charge in [0.25, 0.3) is 0 Å². The summed E-state index contributed by atoms with van der Waals surface area (Å²) in [4.78, 5) is 11.5. The molecule has 1 atom stereocenters. The monoisotopic (exact) mass is 340 g/mol. The Hall–Kier alpha value is -2.05. The SMILES string of the molecule is O=C(O)c1cc(OCCS(=O)c2ccc(Cl)cc2)ccc1O. The maximum absolute atomic E-state index is 12.0. The van der Waals surface area contributed by atoms with Crippen molar-refractivity contribution < 1.29 is 24.0 Å². The van der Waals surface area contributed by atoms with E-state index in [1.54, 1.807) is 24.3 Å². The van der Waals surface area contributed by atoms with Crippen molar-refractivity contribution in [1.82, 2.24) is 0 Å². The van der Waals surface area contributed by atoms with Gasteiger partial charge in [-0.15, -0.1) is 0 Å². The van der Waals surface area contributed by atoms with E-state index < -0.39 is 16.8 Å². The smallest absolute Gasteiger partial charge is 0.339 e. The van der Waals surface area contributed by atoms with Crippen LogP contribution < -0.4 is 4.74 Å². The zero-order valence-electron chi connectivity index (χ0n) is 11.4. The number of carboxylic acid groups (broad SMARTS) is 1. The third-order valence-corrected chi connectivity index (χ3v) is 4.40. The summed E-state index contributed by atoms with van der Waals surface area (Å²) in [5.41, 5.74) is -0.240. The lowest BCUT2D eigenvalue weighted by Gasteiger charge is -2.08. The van der Waals surface area contributed by atoms with E-state index in [4.69, 9.17) is 21.4 Å². The van der Waals surface area contributed by atoms with Crippen LogP contribution in [-0.2, 0) is 10.8 Å². The summed E-state index contributed by atoms with van der Waals surface area (Å²) in [5, 5.41) is 18.9. The van der Waals surface area contributed by atoms with Crippen LogP contribution in [0.1, 0.15) is 10.4 Å². The molecule has 0 radical (unpaired) electrons. The van der Waals surface area contributed by atoms with E-state index in [2.05, 4.69) is 0 Å². The lowest BCUT2D eigenvalue weighted by molar-refractivity contribution is 0.0693. The molecule has 2 aromatic rings. The van der Waals surface area contributed by atoms with Crippen LogP contribution in [0.25, 0.3) is 0 Å². The van der Waals surface area contributed by atoms with Crippen molar-refractivity contribution in [1.29, 1.82) is 0 Å². The molecule has 0 amide bonds. The van der Waals surface area contributed by atoms with Crippen LogP contribution in [0.5, 0.6) is 11.5 Å². The summed E-state index contributed by atoms with van der Waals surface area (Å²) in [6.07, 6.45) is 0. The van der Waals surface area contributed by atoms with E-state index in [1.807, 2.05) is 0 Å². The summed E-state index contributed by atoms with van der Waals surface area (Å²) < 4.78 is 17.4. The van der Waals surface area contributed by atoms with Gasteiger partial charge in [-0.3, -0.25) is 4.21 Å². The van der Waals surface area contributed by atoms with Crippen LogP contribution in [0, 0.1) is 0 Å². The largest absolute Gasteiger partial charge is 0.507 e. The van der Waals surface area contributed by atoms with Crippen LogP contribution in [0.4, 0.5) is 0 Å². The summed E-state index contributed by atoms with van der Waals surface area (Å²) in [5.74, 6) is -1.02. The maximum atomic E-state index is 12.0. The van der Waals surface area contributed by atoms with Gasteiger partial charge >= 0.3 is 5.97 Å². The number of benzene rings is 2. The van der Waals surface area contributed by atoms with Crippen LogP contribution in [0.2, 0.25) is 5.02 Å². The molecule has 2 N–H and O–H groups in total. The first-order chi connectivity index (χ1) is 10.5. The number of carbonyl (C=O) groups is 1. The first-order valence-electron chi connectivity index (χ1n) is 6.30. The number of phenols is 1. The fourth-order valence-corrected chi connectivity index (χ4v) is 2.75. The molecule has 5 nitrogen and oxygen atoms in total. The number of aromatic hydroxyl groups is 1. The Bertz CT molecular complexity index is 700. The molecule has 0 aliphatic carbocycles. The predicted octanol–water partition coefficient (Wildman–Crippen LogP) is 2.93. The Morgan fingerprint density at radius 3 is 2.50 bits per heavy atom. The molecule has 0 bridgehead atoms. The molecule has 7 heteroatoms. The van der Waals surface area contributed by atoms with Gasteiger partial charge in [0, 0.05) is 9.92 Å². The highest BCUT2D eigenvalue weighted by atomic mass is 35.5. The number of carboxylic acids is 1. The van der Waals surface area contributed by atoms with Gasteiger partial charge in [0.15, 0.2) is 0 Å². The van der Waals surface area contributed by atoms with Crippen molar-refractivity contribution >= 4 is 28.4 Å². The molecule has 0 spiro atoms. The molecular weight excluding hydrogens is 328 g/mol. The molecule has 116 valence electrons. The molecule has 1 unspecified atom stereocenters. The lowest BCUT2D eigenvalue weighted by Crippen LogP contribution is -2.09. The van der Waals surface area contributed by atoms with Gasteiger partial charge in [-0.05, 0) is 42.5 Å². The van der Waals surface area contributed by atoms with E-state index in [0.29, 0.717) is 15.7 Å². The predicted molar refractivity (Wildman–Crippen MR) is 83.3 cm³/mol. The summed E-state index contributed by atoms with van der Waals surface area (Å²) in [7, 11) is -1.23. The Labute approximate surface area is 134 Å². The van der Waals surface area contributed by atoms with E-state index in [1.165, 1.54) is 18.2 Å². The molecule has 0 aliphatic heterocycles. The molecule has 0 aliphatic rings. The molecule has 2 aromatic carbocycles. The second-order valence-corrected chi connectivity index (χ2v) is 6.34. The summed E-state index contributed by atoms with van der Waals surface area (Å²) in [6.45, 7) is 0.152. The van der Waals surface area contributed by atoms with Gasteiger partial charge in [0.2, 0.25) is 0 Å². The summed E-state index contributed by atoms with van der Waals surface area (Å²) in [6, 6.07) is 10.6. The minimum absolute atomic E-state index is 0.152. The average molecular weight is 341 g/mol. The molecule has 0 saturated carbocycles. The number of rotatable bonds is 6. The van der Waals surface area contributed by atoms with Crippen molar-refractivity contribution in [2.75, 3.05) is 12.4 Å². The van der Waals surface area contributed by atoms with Crippen LogP contribution in [0.3, 0.4) is 0 Å². The van der Waals surface area contributed by atoms with Gasteiger partial charge in [0.1, 0.15) is 23.7 Å². The van der Waals surface area contributed by atoms with Crippen LogP contribution in [-0.4, -0.2) is 32.8 Å². The first kappa shape index (κ1) is 16.3. The van der Waals surface area contributed by atoms with E-state index >= 15 is 0 Å². The third kappa shape index (κ3) is 4.22. The van der Waals surface area contributed by atoms with Crippen molar-refractivity contribution in [2.45, 2.75) is 4.90 Å². The molecule has 0 aromatic heterocycles. The fourth-order valence-electron chi connectivity index (χ4n) is 1.72. The standard InChI is InChI=1S/C15H13ClO5S/c16-10-1-4-12(5-2-10)22(20)8-7-21-11-3-6-14(17)13(9-11)15(18)19/h1-6,9,17H,7-8H2,(H,18,19). The Morgan fingerprint density at radius 1 is 1.18 bits per heavy atom. The van der Waals surface area contributed by atoms with E-state index in [9.17, 15) is 14.1 Å². The molecular formula is C15H13ClO5S. The van der Waals surface area contributed by atoms with Crippen molar-refractivity contribution in [3.05, 3.63) is 53.1 Å². The van der Waals surface area contributed by atoms with E-state index in [0.717, 1.165) is 0 Å². The second kappa shape index (κ2) is 7.29.